The summed E-state index contributed by atoms with van der Waals surface area (Å²) in [5.41, 5.74) is 1.88. The minimum Gasteiger partial charge on any atom is -0.450 e. The van der Waals surface area contributed by atoms with E-state index in [0.29, 0.717) is 0 Å². The number of para-hydroxylation sites is 2. The number of benzene rings is 1. The van der Waals surface area contributed by atoms with Crippen molar-refractivity contribution in [3.8, 4) is 0 Å². The predicted octanol–water partition coefficient (Wildman–Crippen LogP) is 2.74. The van der Waals surface area contributed by atoms with Gasteiger partial charge >= 0.3 is 6.16 Å². The Labute approximate surface area is 102 Å². The number of aromatic nitrogens is 2. The molecule has 2 aromatic rings. The number of imidazole rings is 1. The van der Waals surface area contributed by atoms with E-state index in [4.69, 9.17) is 5.11 Å². The van der Waals surface area contributed by atoms with Gasteiger partial charge in [0.05, 0.1) is 11.0 Å². The molecule has 0 saturated heterocycles. The topological polar surface area (TPSA) is 75.2 Å². The Morgan fingerprint density at radius 2 is 2.35 bits per heavy atom. The third-order valence-electron chi connectivity index (χ3n) is 2.12. The fourth-order valence-corrected chi connectivity index (χ4v) is 2.24. The summed E-state index contributed by atoms with van der Waals surface area (Å²) in [4.78, 5) is 17.8. The van der Waals surface area contributed by atoms with Crippen molar-refractivity contribution in [3.63, 3.8) is 0 Å². The normalized spacial score (nSPS) is 12.5. The molecule has 0 amide bonds. The summed E-state index contributed by atoms with van der Waals surface area (Å²) in [7, 11) is 0. The number of hydrogen-bond donors (Lipinski definition) is 2. The number of nitrogens with zero attached hydrogens (tertiary/aromatic N) is 1. The van der Waals surface area contributed by atoms with E-state index in [2.05, 4.69) is 14.7 Å². The summed E-state index contributed by atoms with van der Waals surface area (Å²) < 4.78 is 4.50. The molecule has 90 valence electrons. The average molecular weight is 252 g/mol. The quantitative estimate of drug-likeness (QED) is 0.646. The van der Waals surface area contributed by atoms with Crippen LogP contribution in [0.25, 0.3) is 11.0 Å². The molecule has 1 aromatic carbocycles. The Balaban J connectivity index is 2.00. The molecule has 0 spiro atoms. The van der Waals surface area contributed by atoms with Gasteiger partial charge in [0.2, 0.25) is 0 Å². The van der Waals surface area contributed by atoms with Crippen LogP contribution in [0.3, 0.4) is 0 Å². The SMILES string of the molecule is CC(COC(=O)O)Sc1nc2ccccc2[nH]1. The first kappa shape index (κ1) is 11.8. The largest absolute Gasteiger partial charge is 0.505 e. The van der Waals surface area contributed by atoms with Crippen LogP contribution in [-0.4, -0.2) is 33.1 Å². The van der Waals surface area contributed by atoms with Gasteiger partial charge < -0.3 is 14.8 Å². The molecule has 2 N–H and O–H groups in total. The number of ether oxygens (including phenoxy) is 1. The number of nitrogens with one attached hydrogen (secondary N) is 1. The fourth-order valence-electron chi connectivity index (χ4n) is 1.40. The van der Waals surface area contributed by atoms with Gasteiger partial charge in [-0.25, -0.2) is 9.78 Å². The summed E-state index contributed by atoms with van der Waals surface area (Å²) >= 11 is 1.46. The molecule has 17 heavy (non-hydrogen) atoms. The number of rotatable bonds is 4. The van der Waals surface area contributed by atoms with E-state index in [-0.39, 0.29) is 11.9 Å². The maximum absolute atomic E-state index is 10.2. The highest BCUT2D eigenvalue weighted by Gasteiger charge is 2.10. The molecule has 0 aliphatic heterocycles. The Kier molecular flexibility index (Phi) is 3.53. The van der Waals surface area contributed by atoms with Crippen molar-refractivity contribution in [2.24, 2.45) is 0 Å². The highest BCUT2D eigenvalue weighted by molar-refractivity contribution is 7.99. The molecule has 1 heterocycles. The minimum atomic E-state index is -1.25. The number of fused-ring (bicyclic) bond motifs is 1. The van der Waals surface area contributed by atoms with E-state index < -0.39 is 6.16 Å². The number of carbonyl (C=O) groups is 1. The second-order valence-electron chi connectivity index (χ2n) is 3.56. The van der Waals surface area contributed by atoms with Gasteiger partial charge in [-0.2, -0.15) is 0 Å². The van der Waals surface area contributed by atoms with E-state index in [0.717, 1.165) is 16.2 Å². The smallest absolute Gasteiger partial charge is 0.450 e. The van der Waals surface area contributed by atoms with Gasteiger partial charge in [-0.1, -0.05) is 23.9 Å². The Bertz CT molecular complexity index is 493. The highest BCUT2D eigenvalue weighted by atomic mass is 32.2. The zero-order valence-corrected chi connectivity index (χ0v) is 10.0. The van der Waals surface area contributed by atoms with Crippen LogP contribution in [0.2, 0.25) is 0 Å². The van der Waals surface area contributed by atoms with Gasteiger partial charge in [-0.3, -0.25) is 0 Å². The van der Waals surface area contributed by atoms with E-state index in [1.54, 1.807) is 0 Å². The van der Waals surface area contributed by atoms with E-state index in [1.807, 2.05) is 31.2 Å². The van der Waals surface area contributed by atoms with Crippen LogP contribution >= 0.6 is 11.8 Å². The molecule has 0 saturated carbocycles. The van der Waals surface area contributed by atoms with Crippen LogP contribution in [0.15, 0.2) is 29.4 Å². The second kappa shape index (κ2) is 5.09. The van der Waals surface area contributed by atoms with E-state index in [1.165, 1.54) is 11.8 Å². The number of aromatic amines is 1. The first-order valence-corrected chi connectivity index (χ1v) is 6.00. The van der Waals surface area contributed by atoms with Gasteiger partial charge in [0.15, 0.2) is 5.16 Å². The zero-order valence-electron chi connectivity index (χ0n) is 9.21. The standard InChI is InChI=1S/C11H12N2O3S/c1-7(6-16-11(14)15)17-10-12-8-4-2-3-5-9(8)13-10/h2-5,7H,6H2,1H3,(H,12,13)(H,14,15). The molecular weight excluding hydrogens is 240 g/mol. The molecule has 0 aliphatic carbocycles. The van der Waals surface area contributed by atoms with Crippen LogP contribution in [0.1, 0.15) is 6.92 Å². The predicted molar refractivity (Wildman–Crippen MR) is 65.4 cm³/mol. The second-order valence-corrected chi connectivity index (χ2v) is 4.99. The van der Waals surface area contributed by atoms with Crippen LogP contribution in [-0.2, 0) is 4.74 Å². The summed E-state index contributed by atoms with van der Waals surface area (Å²) in [6, 6.07) is 7.74. The molecular formula is C11H12N2O3S. The Morgan fingerprint density at radius 3 is 3.06 bits per heavy atom. The lowest BCUT2D eigenvalue weighted by Gasteiger charge is -2.07. The maximum Gasteiger partial charge on any atom is 0.505 e. The molecule has 0 radical (unpaired) electrons. The molecule has 6 heteroatoms. The lowest BCUT2D eigenvalue weighted by molar-refractivity contribution is 0.0929. The van der Waals surface area contributed by atoms with Gasteiger partial charge in [-0.05, 0) is 19.1 Å². The molecule has 0 aliphatic rings. The lowest BCUT2D eigenvalue weighted by atomic mass is 10.3. The van der Waals surface area contributed by atoms with Crippen LogP contribution < -0.4 is 0 Å². The van der Waals surface area contributed by atoms with E-state index in [9.17, 15) is 4.79 Å². The number of hydrogen-bond acceptors (Lipinski definition) is 4. The molecule has 1 aromatic heterocycles. The number of H-pyrrole nitrogens is 1. The van der Waals surface area contributed by atoms with Crippen molar-refractivity contribution in [2.75, 3.05) is 6.61 Å². The summed E-state index contributed by atoms with van der Waals surface area (Å²) in [5.74, 6) is 0. The van der Waals surface area contributed by atoms with Gasteiger partial charge in [0.1, 0.15) is 6.61 Å². The minimum absolute atomic E-state index is 0.0201. The van der Waals surface area contributed by atoms with Crippen LogP contribution in [0, 0.1) is 0 Å². The number of thioether (sulfide) groups is 1. The van der Waals surface area contributed by atoms with Crippen molar-refractivity contribution >= 4 is 29.0 Å². The third kappa shape index (κ3) is 3.13. The zero-order chi connectivity index (χ0) is 12.3. The van der Waals surface area contributed by atoms with Crippen molar-refractivity contribution in [1.29, 1.82) is 0 Å². The van der Waals surface area contributed by atoms with Crippen molar-refractivity contribution in [3.05, 3.63) is 24.3 Å². The van der Waals surface area contributed by atoms with Gasteiger partial charge in [0.25, 0.3) is 0 Å². The van der Waals surface area contributed by atoms with Gasteiger partial charge in [-0.15, -0.1) is 0 Å². The highest BCUT2D eigenvalue weighted by Crippen LogP contribution is 2.23. The Morgan fingerprint density at radius 1 is 1.59 bits per heavy atom. The average Bonchev–Trinajstić information content (AvgIpc) is 2.68. The van der Waals surface area contributed by atoms with E-state index >= 15 is 0 Å². The van der Waals surface area contributed by atoms with Crippen molar-refractivity contribution in [1.82, 2.24) is 9.97 Å². The molecule has 2 rings (SSSR count). The molecule has 1 unspecified atom stereocenters. The molecule has 5 nitrogen and oxygen atoms in total. The first-order valence-electron chi connectivity index (χ1n) is 5.12. The third-order valence-corrected chi connectivity index (χ3v) is 3.08. The first-order chi connectivity index (χ1) is 8.15. The Hall–Kier alpha value is -1.69. The summed E-state index contributed by atoms with van der Waals surface area (Å²) in [5, 5.41) is 9.18. The monoisotopic (exact) mass is 252 g/mol. The summed E-state index contributed by atoms with van der Waals surface area (Å²) in [6.07, 6.45) is -1.25. The van der Waals surface area contributed by atoms with Crippen molar-refractivity contribution in [2.45, 2.75) is 17.3 Å². The maximum atomic E-state index is 10.2. The lowest BCUT2D eigenvalue weighted by Crippen LogP contribution is -2.11. The van der Waals surface area contributed by atoms with Crippen molar-refractivity contribution < 1.29 is 14.6 Å². The van der Waals surface area contributed by atoms with Crippen LogP contribution in [0.5, 0.6) is 0 Å². The molecule has 0 bridgehead atoms. The molecule has 1 atom stereocenters. The van der Waals surface area contributed by atoms with Crippen LogP contribution in [0.4, 0.5) is 4.79 Å². The fraction of sp³-hybridized carbons (Fsp3) is 0.273. The summed E-state index contributed by atoms with van der Waals surface area (Å²) in [6.45, 7) is 2.04. The molecule has 0 fully saturated rings. The van der Waals surface area contributed by atoms with Gasteiger partial charge in [0, 0.05) is 5.25 Å². The number of carboxylic acid groups (broad SMARTS) is 1.